The van der Waals surface area contributed by atoms with E-state index in [0.717, 1.165) is 5.56 Å². The maximum atomic E-state index is 12.9. The first kappa shape index (κ1) is 23.3. The first-order valence-corrected chi connectivity index (χ1v) is 12.0. The van der Waals surface area contributed by atoms with Crippen LogP contribution in [0.15, 0.2) is 47.4 Å². The number of sulfonamides is 1. The summed E-state index contributed by atoms with van der Waals surface area (Å²) < 4.78 is 32.9. The predicted molar refractivity (Wildman–Crippen MR) is 119 cm³/mol. The van der Waals surface area contributed by atoms with Gasteiger partial charge in [-0.05, 0) is 44.2 Å². The van der Waals surface area contributed by atoms with Gasteiger partial charge in [-0.2, -0.15) is 4.31 Å². The number of aliphatic hydroxyl groups is 1. The Bertz CT molecular complexity index is 954. The smallest absolute Gasteiger partial charge is 0.243 e. The molecule has 2 aromatic rings. The molecule has 0 amide bonds. The van der Waals surface area contributed by atoms with Crippen LogP contribution in [0, 0.1) is 6.92 Å². The van der Waals surface area contributed by atoms with Crippen LogP contribution < -0.4 is 4.74 Å². The van der Waals surface area contributed by atoms with Crippen LogP contribution >= 0.6 is 23.2 Å². The average molecular weight is 473 g/mol. The molecule has 9 heteroatoms. The second-order valence-electron chi connectivity index (χ2n) is 7.41. The molecule has 0 aliphatic carbocycles. The fraction of sp³-hybridized carbons (Fsp3) is 0.429. The Balaban J connectivity index is 1.53. The zero-order valence-corrected chi connectivity index (χ0v) is 19.1. The number of hydrogen-bond acceptors (Lipinski definition) is 5. The molecule has 6 nitrogen and oxygen atoms in total. The summed E-state index contributed by atoms with van der Waals surface area (Å²) in [5.74, 6) is 0.425. The molecule has 2 aromatic carbocycles. The lowest BCUT2D eigenvalue weighted by molar-refractivity contribution is 0.0700. The number of aliphatic hydroxyl groups excluding tert-OH is 1. The SMILES string of the molecule is Cc1ccc(S(=O)(=O)N2CCCN(C[C@H](O)COc3cc(Cl)ccc3Cl)CC2)cc1. The van der Waals surface area contributed by atoms with E-state index in [1.54, 1.807) is 42.5 Å². The molecule has 0 saturated carbocycles. The van der Waals surface area contributed by atoms with Crippen LogP contribution in [0.25, 0.3) is 0 Å². The van der Waals surface area contributed by atoms with E-state index in [1.807, 2.05) is 6.92 Å². The Hall–Kier alpha value is -1.35. The van der Waals surface area contributed by atoms with E-state index in [9.17, 15) is 13.5 Å². The molecule has 0 unspecified atom stereocenters. The molecule has 1 aliphatic heterocycles. The van der Waals surface area contributed by atoms with Crippen LogP contribution in [-0.4, -0.2) is 68.2 Å². The second-order valence-corrected chi connectivity index (χ2v) is 10.2. The highest BCUT2D eigenvalue weighted by atomic mass is 35.5. The highest BCUT2D eigenvalue weighted by Gasteiger charge is 2.27. The van der Waals surface area contributed by atoms with Gasteiger partial charge < -0.3 is 9.84 Å². The number of halogens is 2. The minimum atomic E-state index is -3.52. The largest absolute Gasteiger partial charge is 0.489 e. The first-order valence-electron chi connectivity index (χ1n) is 9.81. The van der Waals surface area contributed by atoms with Gasteiger partial charge >= 0.3 is 0 Å². The van der Waals surface area contributed by atoms with Crippen LogP contribution in [0.5, 0.6) is 5.75 Å². The van der Waals surface area contributed by atoms with Crippen molar-refractivity contribution in [3.05, 3.63) is 58.1 Å². The lowest BCUT2D eigenvalue weighted by Crippen LogP contribution is -2.39. The summed E-state index contributed by atoms with van der Waals surface area (Å²) in [6.45, 7) is 4.46. The third-order valence-electron chi connectivity index (χ3n) is 5.00. The van der Waals surface area contributed by atoms with E-state index in [0.29, 0.717) is 59.8 Å². The number of β-amino-alcohol motifs (C(OH)–C–C–N with tert-alkyl or cyclic N) is 1. The van der Waals surface area contributed by atoms with Crippen molar-refractivity contribution in [1.82, 2.24) is 9.21 Å². The van der Waals surface area contributed by atoms with Crippen molar-refractivity contribution in [3.8, 4) is 5.75 Å². The molecule has 1 heterocycles. The van der Waals surface area contributed by atoms with Gasteiger partial charge in [-0.15, -0.1) is 0 Å². The standard InChI is InChI=1S/C21H26Cl2N2O4S/c1-16-3-6-19(7-4-16)30(27,28)25-10-2-9-24(11-12-25)14-18(26)15-29-21-13-17(22)5-8-20(21)23/h3-8,13,18,26H,2,9-12,14-15H2,1H3/t18-/m0/s1. The first-order chi connectivity index (χ1) is 14.3. The van der Waals surface area contributed by atoms with E-state index >= 15 is 0 Å². The summed E-state index contributed by atoms with van der Waals surface area (Å²) >= 11 is 12.0. The molecule has 0 radical (unpaired) electrons. The molecule has 3 rings (SSSR count). The fourth-order valence-corrected chi connectivity index (χ4v) is 5.16. The highest BCUT2D eigenvalue weighted by Crippen LogP contribution is 2.27. The molecule has 1 saturated heterocycles. The summed E-state index contributed by atoms with van der Waals surface area (Å²) in [7, 11) is -3.52. The summed E-state index contributed by atoms with van der Waals surface area (Å²) in [5, 5.41) is 11.3. The summed E-state index contributed by atoms with van der Waals surface area (Å²) in [5.41, 5.74) is 1.02. The molecule has 1 aliphatic rings. The summed E-state index contributed by atoms with van der Waals surface area (Å²) in [6, 6.07) is 11.8. The minimum absolute atomic E-state index is 0.0714. The Morgan fingerprint density at radius 1 is 1.07 bits per heavy atom. The predicted octanol–water partition coefficient (Wildman–Crippen LogP) is 3.44. The van der Waals surface area contributed by atoms with Gasteiger partial charge in [0.25, 0.3) is 0 Å². The molecule has 0 spiro atoms. The van der Waals surface area contributed by atoms with Gasteiger partial charge in [0.15, 0.2) is 0 Å². The molecule has 0 aromatic heterocycles. The van der Waals surface area contributed by atoms with Gasteiger partial charge in [-0.1, -0.05) is 40.9 Å². The topological polar surface area (TPSA) is 70.1 Å². The lowest BCUT2D eigenvalue weighted by atomic mass is 10.2. The number of nitrogens with zero attached hydrogens (tertiary/aromatic N) is 2. The third kappa shape index (κ3) is 6.09. The Labute approximate surface area is 188 Å². The number of benzene rings is 2. The molecule has 1 N–H and O–H groups in total. The van der Waals surface area contributed by atoms with E-state index in [1.165, 1.54) is 4.31 Å². The van der Waals surface area contributed by atoms with Crippen molar-refractivity contribution in [2.24, 2.45) is 0 Å². The fourth-order valence-electron chi connectivity index (χ4n) is 3.35. The van der Waals surface area contributed by atoms with Gasteiger partial charge in [0, 0.05) is 37.3 Å². The Morgan fingerprint density at radius 2 is 1.80 bits per heavy atom. The quantitative estimate of drug-likeness (QED) is 0.668. The van der Waals surface area contributed by atoms with E-state index in [2.05, 4.69) is 4.90 Å². The van der Waals surface area contributed by atoms with Crippen molar-refractivity contribution >= 4 is 33.2 Å². The van der Waals surface area contributed by atoms with Crippen molar-refractivity contribution in [3.63, 3.8) is 0 Å². The molecular weight excluding hydrogens is 447 g/mol. The molecular formula is C21H26Cl2N2O4S. The number of ether oxygens (including phenoxy) is 1. The van der Waals surface area contributed by atoms with Gasteiger partial charge in [-0.25, -0.2) is 8.42 Å². The van der Waals surface area contributed by atoms with E-state index < -0.39 is 16.1 Å². The normalized spacial score (nSPS) is 17.5. The highest BCUT2D eigenvalue weighted by molar-refractivity contribution is 7.89. The van der Waals surface area contributed by atoms with Gasteiger partial charge in [0.2, 0.25) is 10.0 Å². The van der Waals surface area contributed by atoms with Crippen LogP contribution in [-0.2, 0) is 10.0 Å². The number of hydrogen-bond donors (Lipinski definition) is 1. The van der Waals surface area contributed by atoms with Crippen LogP contribution in [0.1, 0.15) is 12.0 Å². The summed E-state index contributed by atoms with van der Waals surface area (Å²) in [6.07, 6.45) is -0.0426. The molecule has 164 valence electrons. The Kier molecular flexibility index (Phi) is 8.01. The average Bonchev–Trinajstić information content (AvgIpc) is 2.95. The molecule has 1 atom stereocenters. The third-order valence-corrected chi connectivity index (χ3v) is 7.46. The molecule has 30 heavy (non-hydrogen) atoms. The van der Waals surface area contributed by atoms with Crippen molar-refractivity contribution in [2.75, 3.05) is 39.3 Å². The van der Waals surface area contributed by atoms with Crippen LogP contribution in [0.2, 0.25) is 10.0 Å². The van der Waals surface area contributed by atoms with Crippen molar-refractivity contribution < 1.29 is 18.3 Å². The lowest BCUT2D eigenvalue weighted by Gasteiger charge is -2.24. The van der Waals surface area contributed by atoms with Crippen LogP contribution in [0.3, 0.4) is 0 Å². The summed E-state index contributed by atoms with van der Waals surface area (Å²) in [4.78, 5) is 2.37. The van der Waals surface area contributed by atoms with Crippen molar-refractivity contribution in [2.45, 2.75) is 24.3 Å². The Morgan fingerprint density at radius 3 is 2.53 bits per heavy atom. The monoisotopic (exact) mass is 472 g/mol. The zero-order chi connectivity index (χ0) is 21.7. The van der Waals surface area contributed by atoms with Crippen molar-refractivity contribution in [1.29, 1.82) is 0 Å². The second kappa shape index (κ2) is 10.3. The van der Waals surface area contributed by atoms with Gasteiger partial charge in [0.05, 0.1) is 9.92 Å². The zero-order valence-electron chi connectivity index (χ0n) is 16.8. The van der Waals surface area contributed by atoms with E-state index in [-0.39, 0.29) is 6.61 Å². The maximum absolute atomic E-state index is 12.9. The van der Waals surface area contributed by atoms with E-state index in [4.69, 9.17) is 27.9 Å². The minimum Gasteiger partial charge on any atom is -0.489 e. The number of aryl methyl sites for hydroxylation is 1. The van der Waals surface area contributed by atoms with Gasteiger partial charge in [0.1, 0.15) is 18.5 Å². The molecule has 0 bridgehead atoms. The maximum Gasteiger partial charge on any atom is 0.243 e. The number of rotatable bonds is 7. The van der Waals surface area contributed by atoms with Gasteiger partial charge in [-0.3, -0.25) is 4.90 Å². The molecule has 1 fully saturated rings. The van der Waals surface area contributed by atoms with Crippen LogP contribution in [0.4, 0.5) is 0 Å².